The zero-order valence-electron chi connectivity index (χ0n) is 11.3. The predicted octanol–water partition coefficient (Wildman–Crippen LogP) is -0.751. The Morgan fingerprint density at radius 2 is 0.722 bits per heavy atom. The summed E-state index contributed by atoms with van der Waals surface area (Å²) in [4.78, 5) is 0. The van der Waals surface area contributed by atoms with Crippen molar-refractivity contribution in [1.82, 2.24) is 0 Å². The predicted molar refractivity (Wildman–Crippen MR) is 84.4 cm³/mol. The van der Waals surface area contributed by atoms with Gasteiger partial charge in [-0.05, 0) is 49.6 Å². The third-order valence-corrected chi connectivity index (χ3v) is 4.05. The van der Waals surface area contributed by atoms with Crippen molar-refractivity contribution in [3.8, 4) is 0 Å². The van der Waals surface area contributed by atoms with Crippen molar-refractivity contribution in [2.24, 2.45) is 0 Å². The summed E-state index contributed by atoms with van der Waals surface area (Å²) < 4.78 is 0. The quantitative estimate of drug-likeness (QED) is 0.516. The standard InChI is InChI=1S/C14H12B4/c1-5-7(3)11(15)14(18)10-6(2)8(4)12(16)13(17)9(5)10/h1-4H3. The van der Waals surface area contributed by atoms with Crippen molar-refractivity contribution in [2.45, 2.75) is 27.7 Å². The summed E-state index contributed by atoms with van der Waals surface area (Å²) in [5.74, 6) is 0. The van der Waals surface area contributed by atoms with Crippen LogP contribution in [-0.2, 0) is 0 Å². The van der Waals surface area contributed by atoms with Gasteiger partial charge in [0.15, 0.2) is 0 Å². The Hall–Kier alpha value is -1.04. The Bertz CT molecular complexity index is 559. The molecule has 8 radical (unpaired) electrons. The average Bonchev–Trinajstić information content (AvgIpc) is 2.35. The largest absolute Gasteiger partial charge is 0.113 e. The van der Waals surface area contributed by atoms with Gasteiger partial charge in [-0.15, -0.1) is 0 Å². The number of aryl methyl sites for hydroxylation is 2. The average molecular weight is 223 g/mol. The second-order valence-corrected chi connectivity index (χ2v) is 4.90. The smallest absolute Gasteiger partial charge is 0.0998 e. The van der Waals surface area contributed by atoms with Crippen molar-refractivity contribution < 1.29 is 0 Å². The van der Waals surface area contributed by atoms with E-state index in [9.17, 15) is 0 Å². The molecule has 0 spiro atoms. The molecule has 0 bridgehead atoms. The first-order valence-electron chi connectivity index (χ1n) is 5.90. The van der Waals surface area contributed by atoms with Crippen LogP contribution in [0.15, 0.2) is 0 Å². The molecule has 0 aliphatic carbocycles. The van der Waals surface area contributed by atoms with Crippen LogP contribution in [0.2, 0.25) is 0 Å². The first kappa shape index (κ1) is 13.4. The minimum Gasteiger partial charge on any atom is -0.0998 e. The maximum absolute atomic E-state index is 6.16. The van der Waals surface area contributed by atoms with Crippen LogP contribution < -0.4 is 21.9 Å². The maximum atomic E-state index is 6.16. The first-order chi connectivity index (χ1) is 8.29. The number of hydrogen-bond donors (Lipinski definition) is 0. The summed E-state index contributed by atoms with van der Waals surface area (Å²) in [7, 11) is 24.4. The van der Waals surface area contributed by atoms with Gasteiger partial charge in [0.25, 0.3) is 0 Å². The highest BCUT2D eigenvalue weighted by atomic mass is 14.2. The maximum Gasteiger partial charge on any atom is 0.113 e. The van der Waals surface area contributed by atoms with Gasteiger partial charge in [-0.1, -0.05) is 33.0 Å². The van der Waals surface area contributed by atoms with Gasteiger partial charge >= 0.3 is 0 Å². The van der Waals surface area contributed by atoms with E-state index >= 15 is 0 Å². The Morgan fingerprint density at radius 1 is 0.444 bits per heavy atom. The molecule has 2 aromatic rings. The van der Waals surface area contributed by atoms with E-state index in [0.29, 0.717) is 21.9 Å². The highest BCUT2D eigenvalue weighted by molar-refractivity contribution is 6.58. The molecule has 0 aliphatic rings. The summed E-state index contributed by atoms with van der Waals surface area (Å²) >= 11 is 0. The van der Waals surface area contributed by atoms with Crippen LogP contribution in [0.5, 0.6) is 0 Å². The van der Waals surface area contributed by atoms with Crippen molar-refractivity contribution in [2.75, 3.05) is 0 Å². The highest BCUT2D eigenvalue weighted by Crippen LogP contribution is 2.20. The van der Waals surface area contributed by atoms with E-state index in [-0.39, 0.29) is 0 Å². The molecule has 0 fully saturated rings. The van der Waals surface area contributed by atoms with Crippen molar-refractivity contribution >= 4 is 64.0 Å². The van der Waals surface area contributed by atoms with Gasteiger partial charge in [0.1, 0.15) is 31.4 Å². The molecule has 0 amide bonds. The van der Waals surface area contributed by atoms with Crippen LogP contribution in [0.3, 0.4) is 0 Å². The molecule has 0 heterocycles. The number of fused-ring (bicyclic) bond motifs is 1. The lowest BCUT2D eigenvalue weighted by Gasteiger charge is -2.22. The van der Waals surface area contributed by atoms with Crippen LogP contribution in [0, 0.1) is 27.7 Å². The Balaban J connectivity index is 3.22. The van der Waals surface area contributed by atoms with Crippen molar-refractivity contribution in [3.05, 3.63) is 22.3 Å². The fraction of sp³-hybridized carbons (Fsp3) is 0.286. The van der Waals surface area contributed by atoms with E-state index in [2.05, 4.69) is 0 Å². The molecule has 0 unspecified atom stereocenters. The highest BCUT2D eigenvalue weighted by Gasteiger charge is 2.14. The third-order valence-electron chi connectivity index (χ3n) is 4.05. The van der Waals surface area contributed by atoms with Crippen LogP contribution in [0.1, 0.15) is 22.3 Å². The zero-order valence-corrected chi connectivity index (χ0v) is 11.3. The molecule has 0 atom stereocenters. The number of benzene rings is 2. The Kier molecular flexibility index (Phi) is 3.17. The summed E-state index contributed by atoms with van der Waals surface area (Å²) in [5.41, 5.74) is 6.48. The number of hydrogen-bond acceptors (Lipinski definition) is 0. The van der Waals surface area contributed by atoms with Crippen LogP contribution in [0.25, 0.3) is 10.8 Å². The van der Waals surface area contributed by atoms with E-state index in [0.717, 1.165) is 33.0 Å². The fourth-order valence-electron chi connectivity index (χ4n) is 2.50. The first-order valence-corrected chi connectivity index (χ1v) is 5.90. The minimum atomic E-state index is 0.598. The van der Waals surface area contributed by atoms with Crippen LogP contribution >= 0.6 is 0 Å². The van der Waals surface area contributed by atoms with Gasteiger partial charge in [-0.25, -0.2) is 0 Å². The Morgan fingerprint density at radius 3 is 1.00 bits per heavy atom. The van der Waals surface area contributed by atoms with Crippen LogP contribution in [0.4, 0.5) is 0 Å². The molecule has 0 saturated carbocycles. The normalized spacial score (nSPS) is 11.1. The molecule has 0 N–H and O–H groups in total. The van der Waals surface area contributed by atoms with Gasteiger partial charge in [0.2, 0.25) is 0 Å². The molecule has 80 valence electrons. The number of rotatable bonds is 0. The molecule has 4 heteroatoms. The summed E-state index contributed by atoms with van der Waals surface area (Å²) in [6.07, 6.45) is 0. The molecule has 0 saturated heterocycles. The van der Waals surface area contributed by atoms with Gasteiger partial charge in [-0.3, -0.25) is 0 Å². The van der Waals surface area contributed by atoms with Gasteiger partial charge < -0.3 is 0 Å². The molecular formula is C14H12B4. The van der Waals surface area contributed by atoms with E-state index in [4.69, 9.17) is 31.4 Å². The molecule has 2 rings (SSSR count). The molecule has 0 nitrogen and oxygen atoms in total. The monoisotopic (exact) mass is 224 g/mol. The lowest BCUT2D eigenvalue weighted by molar-refractivity contribution is 1.38. The molecule has 0 aliphatic heterocycles. The van der Waals surface area contributed by atoms with Crippen molar-refractivity contribution in [3.63, 3.8) is 0 Å². The Labute approximate surface area is 114 Å². The van der Waals surface area contributed by atoms with E-state index in [1.165, 1.54) is 0 Å². The van der Waals surface area contributed by atoms with Crippen LogP contribution in [-0.4, -0.2) is 31.4 Å². The topological polar surface area (TPSA) is 0 Å². The molecule has 2 aromatic carbocycles. The summed E-state index contributed by atoms with van der Waals surface area (Å²) in [6, 6.07) is 0. The molecular weight excluding hydrogens is 211 g/mol. The minimum absolute atomic E-state index is 0.598. The fourth-order valence-corrected chi connectivity index (χ4v) is 2.50. The van der Waals surface area contributed by atoms with Gasteiger partial charge in [0.05, 0.1) is 0 Å². The summed E-state index contributed by atoms with van der Waals surface area (Å²) in [5, 5.41) is 1.86. The second kappa shape index (κ2) is 4.26. The van der Waals surface area contributed by atoms with E-state index < -0.39 is 0 Å². The molecule has 0 aromatic heterocycles. The van der Waals surface area contributed by atoms with Gasteiger partial charge in [-0.2, -0.15) is 0 Å². The molecule has 18 heavy (non-hydrogen) atoms. The zero-order chi connectivity index (χ0) is 13.8. The lowest BCUT2D eigenvalue weighted by atomic mass is 9.66. The summed E-state index contributed by atoms with van der Waals surface area (Å²) in [6.45, 7) is 7.90. The van der Waals surface area contributed by atoms with Crippen molar-refractivity contribution in [1.29, 1.82) is 0 Å². The second-order valence-electron chi connectivity index (χ2n) is 4.90. The lowest BCUT2D eigenvalue weighted by Crippen LogP contribution is -2.37. The van der Waals surface area contributed by atoms with E-state index in [1.54, 1.807) is 0 Å². The van der Waals surface area contributed by atoms with E-state index in [1.807, 2.05) is 27.7 Å². The third kappa shape index (κ3) is 1.58. The van der Waals surface area contributed by atoms with Gasteiger partial charge in [0, 0.05) is 0 Å². The SMILES string of the molecule is [B]c1c(C)c(C)c2c([B])c([B])c(C)c(C)c2c1[B].